The number of anilines is 2. The molecule has 0 saturated carbocycles. The van der Waals surface area contributed by atoms with Gasteiger partial charge in [-0.15, -0.1) is 11.3 Å². The number of nitrogens with one attached hydrogen (secondary N) is 1. The quantitative estimate of drug-likeness (QED) is 0.536. The smallest absolute Gasteiger partial charge is 0.341 e. The highest BCUT2D eigenvalue weighted by Gasteiger charge is 2.31. The summed E-state index contributed by atoms with van der Waals surface area (Å²) in [6.07, 6.45) is 2.86. The molecule has 1 aliphatic carbocycles. The van der Waals surface area contributed by atoms with Gasteiger partial charge in [-0.05, 0) is 63.6 Å². The van der Waals surface area contributed by atoms with Crippen molar-refractivity contribution in [2.24, 2.45) is 5.92 Å². The van der Waals surface area contributed by atoms with Crippen LogP contribution < -0.4 is 15.0 Å². The van der Waals surface area contributed by atoms with Crippen molar-refractivity contribution in [3.8, 4) is 5.75 Å². The third kappa shape index (κ3) is 5.64. The standard InChI is InChI=1S/C27H37N3O4S/c1-5-33-22-10-8-7-9-21(22)30-15-13-29(14-16-30)19(4)25(31)28-26-24(27(32)34-6-2)20-12-11-18(3)17-23(20)35-26/h7-10,18-19H,5-6,11-17H2,1-4H3,(H,28,31)/t18-,19+/m1/s1. The van der Waals surface area contributed by atoms with Crippen LogP contribution in [0.3, 0.4) is 0 Å². The van der Waals surface area contributed by atoms with Crippen LogP contribution in [0.1, 0.15) is 54.9 Å². The summed E-state index contributed by atoms with van der Waals surface area (Å²) in [4.78, 5) is 31.8. The van der Waals surface area contributed by atoms with Crippen LogP contribution in [0, 0.1) is 5.92 Å². The number of hydrogen-bond acceptors (Lipinski definition) is 7. The lowest BCUT2D eigenvalue weighted by Gasteiger charge is -2.39. The zero-order valence-electron chi connectivity index (χ0n) is 21.3. The topological polar surface area (TPSA) is 71.1 Å². The number of para-hydroxylation sites is 2. The molecule has 0 radical (unpaired) electrons. The number of piperazine rings is 1. The summed E-state index contributed by atoms with van der Waals surface area (Å²) < 4.78 is 11.2. The van der Waals surface area contributed by atoms with Gasteiger partial charge in [0.2, 0.25) is 5.91 Å². The molecule has 1 amide bonds. The van der Waals surface area contributed by atoms with Crippen LogP contribution in [0.25, 0.3) is 0 Å². The van der Waals surface area contributed by atoms with Crippen LogP contribution in [0.5, 0.6) is 5.75 Å². The highest BCUT2D eigenvalue weighted by Crippen LogP contribution is 2.40. The van der Waals surface area contributed by atoms with Gasteiger partial charge in [-0.2, -0.15) is 0 Å². The van der Waals surface area contributed by atoms with Crippen LogP contribution in [-0.2, 0) is 22.4 Å². The van der Waals surface area contributed by atoms with Gasteiger partial charge in [-0.1, -0.05) is 19.1 Å². The van der Waals surface area contributed by atoms with Crippen LogP contribution in [0.4, 0.5) is 10.7 Å². The van der Waals surface area contributed by atoms with Gasteiger partial charge in [0.1, 0.15) is 10.8 Å². The van der Waals surface area contributed by atoms with E-state index in [0.29, 0.717) is 29.7 Å². The Morgan fingerprint density at radius 1 is 1.14 bits per heavy atom. The summed E-state index contributed by atoms with van der Waals surface area (Å²) in [5.41, 5.74) is 2.73. The van der Waals surface area contributed by atoms with Gasteiger partial charge < -0.3 is 19.7 Å². The van der Waals surface area contributed by atoms with Gasteiger partial charge in [0.25, 0.3) is 0 Å². The summed E-state index contributed by atoms with van der Waals surface area (Å²) in [6, 6.07) is 7.82. The van der Waals surface area contributed by atoms with Gasteiger partial charge in [-0.3, -0.25) is 9.69 Å². The van der Waals surface area contributed by atoms with Gasteiger partial charge in [0.05, 0.1) is 30.5 Å². The molecule has 1 saturated heterocycles. The van der Waals surface area contributed by atoms with Gasteiger partial charge in [0, 0.05) is 31.1 Å². The van der Waals surface area contributed by atoms with E-state index in [2.05, 4.69) is 28.1 Å². The van der Waals surface area contributed by atoms with Crippen LogP contribution in [0.2, 0.25) is 0 Å². The van der Waals surface area contributed by atoms with E-state index in [0.717, 1.165) is 62.4 Å². The number of carbonyl (C=O) groups excluding carboxylic acids is 2. The molecule has 2 aliphatic rings. The zero-order chi connectivity index (χ0) is 24.9. The second kappa shape index (κ2) is 11.4. The van der Waals surface area contributed by atoms with Crippen molar-refractivity contribution >= 4 is 33.9 Å². The minimum atomic E-state index is -0.330. The molecule has 190 valence electrons. The fraction of sp³-hybridized carbons (Fsp3) is 0.556. The number of ether oxygens (including phenoxy) is 2. The lowest BCUT2D eigenvalue weighted by atomic mass is 9.88. The number of hydrogen-bond donors (Lipinski definition) is 1. The first-order valence-electron chi connectivity index (χ1n) is 12.8. The van der Waals surface area contributed by atoms with Gasteiger partial charge in [0.15, 0.2) is 0 Å². The number of fused-ring (bicyclic) bond motifs is 1. The Hall–Kier alpha value is -2.58. The van der Waals surface area contributed by atoms with E-state index < -0.39 is 0 Å². The largest absolute Gasteiger partial charge is 0.492 e. The second-order valence-electron chi connectivity index (χ2n) is 9.37. The molecule has 1 aromatic carbocycles. The number of rotatable bonds is 8. The van der Waals surface area contributed by atoms with Gasteiger partial charge >= 0.3 is 5.97 Å². The monoisotopic (exact) mass is 499 g/mol. The van der Waals surface area contributed by atoms with Crippen LogP contribution in [-0.4, -0.2) is 62.2 Å². The summed E-state index contributed by atoms with van der Waals surface area (Å²) in [5, 5.41) is 3.73. The fourth-order valence-corrected chi connectivity index (χ4v) is 6.39. The maximum atomic E-state index is 13.3. The minimum absolute atomic E-state index is 0.0784. The van der Waals surface area contributed by atoms with E-state index >= 15 is 0 Å². The van der Waals surface area contributed by atoms with E-state index in [4.69, 9.17) is 9.47 Å². The fourth-order valence-electron chi connectivity index (χ4n) is 4.99. The molecule has 0 unspecified atom stereocenters. The van der Waals surface area contributed by atoms with Crippen molar-refractivity contribution in [1.82, 2.24) is 4.90 Å². The van der Waals surface area contributed by atoms with Gasteiger partial charge in [-0.25, -0.2) is 4.79 Å². The Bertz CT molecular complexity index is 1050. The molecule has 1 aliphatic heterocycles. The Labute approximate surface area is 212 Å². The third-order valence-electron chi connectivity index (χ3n) is 6.98. The molecular formula is C27H37N3O4S. The third-order valence-corrected chi connectivity index (χ3v) is 8.14. The maximum Gasteiger partial charge on any atom is 0.341 e. The van der Waals surface area contributed by atoms with E-state index in [1.165, 1.54) is 4.88 Å². The first kappa shape index (κ1) is 25.5. The normalized spacial score (nSPS) is 19.1. The first-order chi connectivity index (χ1) is 16.9. The molecule has 1 N–H and O–H groups in total. The molecule has 7 nitrogen and oxygen atoms in total. The predicted octanol–water partition coefficient (Wildman–Crippen LogP) is 4.60. The summed E-state index contributed by atoms with van der Waals surface area (Å²) >= 11 is 1.54. The average Bonchev–Trinajstić information content (AvgIpc) is 3.21. The molecule has 1 fully saturated rings. The van der Waals surface area contributed by atoms with Crippen molar-refractivity contribution in [1.29, 1.82) is 0 Å². The molecule has 8 heteroatoms. The number of nitrogens with zero attached hydrogens (tertiary/aromatic N) is 2. The molecule has 0 spiro atoms. The number of benzene rings is 1. The predicted molar refractivity (Wildman–Crippen MR) is 141 cm³/mol. The highest BCUT2D eigenvalue weighted by molar-refractivity contribution is 7.17. The molecule has 4 rings (SSSR count). The number of esters is 1. The lowest BCUT2D eigenvalue weighted by molar-refractivity contribution is -0.120. The molecular weight excluding hydrogens is 462 g/mol. The minimum Gasteiger partial charge on any atom is -0.492 e. The maximum absolute atomic E-state index is 13.3. The summed E-state index contributed by atoms with van der Waals surface area (Å²) in [6.45, 7) is 12.1. The number of carbonyl (C=O) groups is 2. The SMILES string of the molecule is CCOC(=O)c1c(NC(=O)[C@H](C)N2CCN(c3ccccc3OCC)CC2)sc2c1CC[C@@H](C)C2. The van der Waals surface area contributed by atoms with Crippen LogP contribution in [0.15, 0.2) is 24.3 Å². The van der Waals surface area contributed by atoms with E-state index in [9.17, 15) is 9.59 Å². The Morgan fingerprint density at radius 3 is 2.60 bits per heavy atom. The first-order valence-corrected chi connectivity index (χ1v) is 13.6. The lowest BCUT2D eigenvalue weighted by Crippen LogP contribution is -2.52. The molecule has 2 aromatic rings. The van der Waals surface area contributed by atoms with Crippen molar-refractivity contribution in [3.05, 3.63) is 40.3 Å². The van der Waals surface area contributed by atoms with Crippen molar-refractivity contribution in [2.75, 3.05) is 49.6 Å². The molecule has 1 aromatic heterocycles. The zero-order valence-corrected chi connectivity index (χ0v) is 22.1. The molecule has 0 bridgehead atoms. The van der Waals surface area contributed by atoms with E-state index in [1.54, 1.807) is 11.3 Å². The summed E-state index contributed by atoms with van der Waals surface area (Å²) in [5.74, 6) is 1.08. The Balaban J connectivity index is 1.43. The van der Waals surface area contributed by atoms with Crippen LogP contribution >= 0.6 is 11.3 Å². The molecule has 2 heterocycles. The van der Waals surface area contributed by atoms with Crippen molar-refractivity contribution in [2.45, 2.75) is 53.0 Å². The van der Waals surface area contributed by atoms with Crippen molar-refractivity contribution < 1.29 is 19.1 Å². The summed E-state index contributed by atoms with van der Waals surface area (Å²) in [7, 11) is 0. The second-order valence-corrected chi connectivity index (χ2v) is 10.5. The number of amides is 1. The average molecular weight is 500 g/mol. The van der Waals surface area contributed by atoms with E-state index in [-0.39, 0.29) is 17.9 Å². The molecule has 35 heavy (non-hydrogen) atoms. The molecule has 2 atom stereocenters. The van der Waals surface area contributed by atoms with E-state index in [1.807, 2.05) is 39.0 Å². The Kier molecular flexibility index (Phi) is 8.34. The number of thiophene rings is 1. The van der Waals surface area contributed by atoms with Crippen molar-refractivity contribution in [3.63, 3.8) is 0 Å². The highest BCUT2D eigenvalue weighted by atomic mass is 32.1. The Morgan fingerprint density at radius 2 is 1.89 bits per heavy atom.